The van der Waals surface area contributed by atoms with Crippen molar-refractivity contribution in [3.05, 3.63) is 36.2 Å². The van der Waals surface area contributed by atoms with Crippen LogP contribution in [0.15, 0.2) is 24.8 Å². The normalized spacial score (nSPS) is 14.5. The molecule has 2 unspecified atom stereocenters. The van der Waals surface area contributed by atoms with Crippen molar-refractivity contribution in [3.63, 3.8) is 0 Å². The average Bonchev–Trinajstić information content (AvgIpc) is 3.04. The summed E-state index contributed by atoms with van der Waals surface area (Å²) in [4.78, 5) is 4.41. The zero-order valence-corrected chi connectivity index (χ0v) is 12.2. The number of imidazole rings is 1. The van der Waals surface area contributed by atoms with Gasteiger partial charge in [-0.2, -0.15) is 5.10 Å². The van der Waals surface area contributed by atoms with Gasteiger partial charge in [0.1, 0.15) is 0 Å². The van der Waals surface area contributed by atoms with Crippen molar-refractivity contribution >= 4 is 0 Å². The highest BCUT2D eigenvalue weighted by atomic mass is 15.3. The van der Waals surface area contributed by atoms with Crippen LogP contribution in [0.5, 0.6) is 0 Å². The lowest BCUT2D eigenvalue weighted by Crippen LogP contribution is -2.19. The predicted molar refractivity (Wildman–Crippen MR) is 75.9 cm³/mol. The van der Waals surface area contributed by atoms with Crippen molar-refractivity contribution in [2.45, 2.75) is 38.8 Å². The summed E-state index contributed by atoms with van der Waals surface area (Å²) in [5, 5.41) is 7.95. The molecule has 0 spiro atoms. The van der Waals surface area contributed by atoms with Gasteiger partial charge in [0.2, 0.25) is 0 Å². The van der Waals surface area contributed by atoms with Gasteiger partial charge in [0.15, 0.2) is 0 Å². The van der Waals surface area contributed by atoms with E-state index in [9.17, 15) is 0 Å². The highest BCUT2D eigenvalue weighted by molar-refractivity contribution is 5.10. The Labute approximate surface area is 114 Å². The number of aryl methyl sites for hydroxylation is 1. The Morgan fingerprint density at radius 1 is 1.42 bits per heavy atom. The number of likely N-dealkylation sites (N-methyl/N-ethyl adjacent to an activating group) is 1. The third-order valence-corrected chi connectivity index (χ3v) is 3.55. The first-order chi connectivity index (χ1) is 9.13. The van der Waals surface area contributed by atoms with Crippen molar-refractivity contribution in [2.24, 2.45) is 7.05 Å². The number of rotatable bonds is 6. The average molecular weight is 261 g/mol. The van der Waals surface area contributed by atoms with E-state index in [4.69, 9.17) is 0 Å². The van der Waals surface area contributed by atoms with E-state index in [1.54, 1.807) is 0 Å². The summed E-state index contributed by atoms with van der Waals surface area (Å²) in [5.41, 5.74) is 2.16. The van der Waals surface area contributed by atoms with Gasteiger partial charge in [-0.05, 0) is 26.5 Å². The Balaban J connectivity index is 2.08. The molecule has 0 aliphatic heterocycles. The van der Waals surface area contributed by atoms with Crippen LogP contribution in [0.25, 0.3) is 0 Å². The zero-order chi connectivity index (χ0) is 13.8. The summed E-state index contributed by atoms with van der Waals surface area (Å²) < 4.78 is 4.01. The molecule has 0 aromatic carbocycles. The van der Waals surface area contributed by atoms with E-state index in [1.807, 2.05) is 35.9 Å². The molecule has 0 saturated heterocycles. The van der Waals surface area contributed by atoms with Crippen LogP contribution in [-0.2, 0) is 13.5 Å². The van der Waals surface area contributed by atoms with E-state index in [-0.39, 0.29) is 6.04 Å². The standard InChI is InChI=1S/C14H23N5/c1-5-11(2)19-7-6-12(17-19)8-13(15-3)14-9-18(4)10-16-14/h6-7,9-11,13,15H,5,8H2,1-4H3. The Kier molecular flexibility index (Phi) is 4.37. The maximum atomic E-state index is 4.64. The molecular formula is C14H23N5. The van der Waals surface area contributed by atoms with Crippen LogP contribution in [-0.4, -0.2) is 26.4 Å². The predicted octanol–water partition coefficient (Wildman–Crippen LogP) is 2.09. The molecule has 2 atom stereocenters. The van der Waals surface area contributed by atoms with Crippen LogP contribution in [0.2, 0.25) is 0 Å². The van der Waals surface area contributed by atoms with Gasteiger partial charge in [0.05, 0.1) is 23.8 Å². The van der Waals surface area contributed by atoms with Crippen LogP contribution in [0.3, 0.4) is 0 Å². The van der Waals surface area contributed by atoms with Crippen LogP contribution >= 0.6 is 0 Å². The maximum absolute atomic E-state index is 4.64. The van der Waals surface area contributed by atoms with Gasteiger partial charge >= 0.3 is 0 Å². The molecule has 2 aromatic rings. The first-order valence-corrected chi connectivity index (χ1v) is 6.83. The molecule has 0 amide bonds. The van der Waals surface area contributed by atoms with Gasteiger partial charge in [-0.3, -0.25) is 4.68 Å². The lowest BCUT2D eigenvalue weighted by Gasteiger charge is -2.12. The van der Waals surface area contributed by atoms with Crippen LogP contribution < -0.4 is 5.32 Å². The minimum absolute atomic E-state index is 0.210. The summed E-state index contributed by atoms with van der Waals surface area (Å²) >= 11 is 0. The number of hydrogen-bond acceptors (Lipinski definition) is 3. The zero-order valence-electron chi connectivity index (χ0n) is 12.2. The SMILES string of the molecule is CCC(C)n1ccc(CC(NC)c2cn(C)cn2)n1. The second-order valence-electron chi connectivity index (χ2n) is 5.05. The molecule has 0 fully saturated rings. The second kappa shape index (κ2) is 6.02. The summed E-state index contributed by atoms with van der Waals surface area (Å²) in [7, 11) is 3.95. The monoisotopic (exact) mass is 261 g/mol. The third-order valence-electron chi connectivity index (χ3n) is 3.55. The van der Waals surface area contributed by atoms with E-state index in [0.717, 1.165) is 24.2 Å². The lowest BCUT2D eigenvalue weighted by molar-refractivity contribution is 0.468. The first kappa shape index (κ1) is 13.8. The van der Waals surface area contributed by atoms with Crippen LogP contribution in [0.4, 0.5) is 0 Å². The molecule has 0 aliphatic rings. The molecule has 0 bridgehead atoms. The van der Waals surface area contributed by atoms with E-state index in [2.05, 4.69) is 41.5 Å². The smallest absolute Gasteiger partial charge is 0.0947 e. The third kappa shape index (κ3) is 3.23. The molecule has 104 valence electrons. The number of aromatic nitrogens is 4. The molecular weight excluding hydrogens is 238 g/mol. The Bertz CT molecular complexity index is 513. The number of hydrogen-bond donors (Lipinski definition) is 1. The van der Waals surface area contributed by atoms with E-state index < -0.39 is 0 Å². The molecule has 2 rings (SSSR count). The van der Waals surface area contributed by atoms with Crippen molar-refractivity contribution in [3.8, 4) is 0 Å². The van der Waals surface area contributed by atoms with Gasteiger partial charge < -0.3 is 9.88 Å². The number of nitrogens with zero attached hydrogens (tertiary/aromatic N) is 4. The van der Waals surface area contributed by atoms with E-state index >= 15 is 0 Å². The summed E-state index contributed by atoms with van der Waals surface area (Å²) in [6, 6.07) is 2.76. The van der Waals surface area contributed by atoms with Crippen molar-refractivity contribution in [1.82, 2.24) is 24.6 Å². The van der Waals surface area contributed by atoms with Gasteiger partial charge in [0, 0.05) is 31.9 Å². The Morgan fingerprint density at radius 3 is 2.79 bits per heavy atom. The van der Waals surface area contributed by atoms with E-state index in [1.165, 1.54) is 0 Å². The fourth-order valence-corrected chi connectivity index (χ4v) is 2.10. The molecule has 19 heavy (non-hydrogen) atoms. The summed E-state index contributed by atoms with van der Waals surface area (Å²) in [5.74, 6) is 0. The van der Waals surface area contributed by atoms with Gasteiger partial charge in [-0.25, -0.2) is 4.98 Å². The van der Waals surface area contributed by atoms with Crippen LogP contribution in [0, 0.1) is 0 Å². The fourth-order valence-electron chi connectivity index (χ4n) is 2.10. The molecule has 2 aromatic heterocycles. The lowest BCUT2D eigenvalue weighted by atomic mass is 10.1. The molecule has 0 radical (unpaired) electrons. The molecule has 2 heterocycles. The minimum atomic E-state index is 0.210. The highest BCUT2D eigenvalue weighted by Crippen LogP contribution is 2.16. The summed E-state index contributed by atoms with van der Waals surface area (Å²) in [6.45, 7) is 4.36. The Morgan fingerprint density at radius 2 is 2.21 bits per heavy atom. The van der Waals surface area contributed by atoms with Crippen molar-refractivity contribution in [1.29, 1.82) is 0 Å². The van der Waals surface area contributed by atoms with E-state index in [0.29, 0.717) is 6.04 Å². The van der Waals surface area contributed by atoms with Crippen molar-refractivity contribution in [2.75, 3.05) is 7.05 Å². The first-order valence-electron chi connectivity index (χ1n) is 6.83. The van der Waals surface area contributed by atoms with Gasteiger partial charge in [-0.15, -0.1) is 0 Å². The maximum Gasteiger partial charge on any atom is 0.0947 e. The summed E-state index contributed by atoms with van der Waals surface area (Å²) in [6.07, 6.45) is 7.90. The highest BCUT2D eigenvalue weighted by Gasteiger charge is 2.15. The molecule has 5 heteroatoms. The fraction of sp³-hybridized carbons (Fsp3) is 0.571. The van der Waals surface area contributed by atoms with Crippen molar-refractivity contribution < 1.29 is 0 Å². The number of nitrogens with one attached hydrogen (secondary N) is 1. The Hall–Kier alpha value is -1.62. The second-order valence-corrected chi connectivity index (χ2v) is 5.05. The minimum Gasteiger partial charge on any atom is -0.340 e. The largest absolute Gasteiger partial charge is 0.340 e. The van der Waals surface area contributed by atoms with Gasteiger partial charge in [0.25, 0.3) is 0 Å². The molecule has 5 nitrogen and oxygen atoms in total. The molecule has 1 N–H and O–H groups in total. The van der Waals surface area contributed by atoms with Crippen LogP contribution in [0.1, 0.15) is 43.7 Å². The molecule has 0 aliphatic carbocycles. The van der Waals surface area contributed by atoms with Gasteiger partial charge in [-0.1, -0.05) is 6.92 Å². The topological polar surface area (TPSA) is 47.7 Å². The molecule has 0 saturated carbocycles. The quantitative estimate of drug-likeness (QED) is 0.866.